The number of carbonyl (C=O) groups is 2. The van der Waals surface area contributed by atoms with Gasteiger partial charge in [-0.15, -0.1) is 5.10 Å². The molecule has 9 heteroatoms. The van der Waals surface area contributed by atoms with Gasteiger partial charge in [0, 0.05) is 0 Å². The molecule has 0 atom stereocenters. The molecule has 94 valence electrons. The Morgan fingerprint density at radius 3 is 2.89 bits per heavy atom. The van der Waals surface area contributed by atoms with Crippen molar-refractivity contribution < 1.29 is 19.1 Å². The van der Waals surface area contributed by atoms with Crippen molar-refractivity contribution in [3.8, 4) is 0 Å². The summed E-state index contributed by atoms with van der Waals surface area (Å²) in [6.45, 7) is 1.54. The van der Waals surface area contributed by atoms with Crippen LogP contribution in [0.1, 0.15) is 16.2 Å². The highest BCUT2D eigenvalue weighted by Crippen LogP contribution is 2.05. The lowest BCUT2D eigenvalue weighted by atomic mass is 10.5. The fourth-order valence-corrected chi connectivity index (χ4v) is 1.19. The molecule has 0 saturated heterocycles. The van der Waals surface area contributed by atoms with Crippen LogP contribution in [-0.4, -0.2) is 37.0 Å². The standard InChI is InChI=1S/C9H9N5O4/c1-5-4-18-9(10-5)11-7(15)3-14-2-6(8(16)17)12-13-14/h2,4H,3H2,1H3,(H,16,17)(H,10,11,15). The molecule has 2 aromatic heterocycles. The minimum atomic E-state index is -1.20. The highest BCUT2D eigenvalue weighted by molar-refractivity contribution is 5.88. The van der Waals surface area contributed by atoms with Gasteiger partial charge in [-0.25, -0.2) is 9.48 Å². The fourth-order valence-electron chi connectivity index (χ4n) is 1.19. The van der Waals surface area contributed by atoms with Crippen LogP contribution in [-0.2, 0) is 11.3 Å². The van der Waals surface area contributed by atoms with Crippen molar-refractivity contribution in [1.29, 1.82) is 0 Å². The molecule has 2 N–H and O–H groups in total. The largest absolute Gasteiger partial charge is 0.476 e. The van der Waals surface area contributed by atoms with Gasteiger partial charge in [0.05, 0.1) is 11.9 Å². The summed E-state index contributed by atoms with van der Waals surface area (Å²) in [4.78, 5) is 26.0. The van der Waals surface area contributed by atoms with Crippen molar-refractivity contribution in [3.63, 3.8) is 0 Å². The van der Waals surface area contributed by atoms with Crippen LogP contribution in [0.25, 0.3) is 0 Å². The van der Waals surface area contributed by atoms with E-state index in [-0.39, 0.29) is 18.3 Å². The zero-order valence-corrected chi connectivity index (χ0v) is 9.32. The summed E-state index contributed by atoms with van der Waals surface area (Å²) in [7, 11) is 0. The van der Waals surface area contributed by atoms with Crippen LogP contribution in [0.5, 0.6) is 0 Å². The lowest BCUT2D eigenvalue weighted by Crippen LogP contribution is -2.19. The molecule has 0 aliphatic carbocycles. The van der Waals surface area contributed by atoms with Crippen LogP contribution >= 0.6 is 0 Å². The number of nitrogens with one attached hydrogen (secondary N) is 1. The van der Waals surface area contributed by atoms with Crippen molar-refractivity contribution in [2.45, 2.75) is 13.5 Å². The van der Waals surface area contributed by atoms with Crippen LogP contribution in [0.3, 0.4) is 0 Å². The Morgan fingerprint density at radius 2 is 2.33 bits per heavy atom. The van der Waals surface area contributed by atoms with Crippen molar-refractivity contribution >= 4 is 17.9 Å². The van der Waals surface area contributed by atoms with Crippen molar-refractivity contribution in [2.75, 3.05) is 5.32 Å². The molecule has 9 nitrogen and oxygen atoms in total. The van der Waals surface area contributed by atoms with Gasteiger partial charge in [0.2, 0.25) is 5.91 Å². The quantitative estimate of drug-likeness (QED) is 0.778. The molecule has 2 rings (SSSR count). The van der Waals surface area contributed by atoms with Gasteiger partial charge in [0.15, 0.2) is 5.69 Å². The number of amides is 1. The first-order valence-electron chi connectivity index (χ1n) is 4.90. The summed E-state index contributed by atoms with van der Waals surface area (Å²) >= 11 is 0. The van der Waals surface area contributed by atoms with Gasteiger partial charge in [0.25, 0.3) is 0 Å². The first kappa shape index (κ1) is 11.8. The molecular weight excluding hydrogens is 242 g/mol. The summed E-state index contributed by atoms with van der Waals surface area (Å²) in [6, 6.07) is 0.0797. The normalized spacial score (nSPS) is 10.3. The van der Waals surface area contributed by atoms with Gasteiger partial charge in [-0.1, -0.05) is 5.21 Å². The molecular formula is C9H9N5O4. The van der Waals surface area contributed by atoms with Gasteiger partial charge in [-0.3, -0.25) is 10.1 Å². The Bertz CT molecular complexity index is 587. The van der Waals surface area contributed by atoms with E-state index >= 15 is 0 Å². The van der Waals surface area contributed by atoms with Gasteiger partial charge in [-0.05, 0) is 6.92 Å². The predicted octanol–water partition coefficient (Wildman–Crippen LogP) is -0.0886. The number of hydrogen-bond donors (Lipinski definition) is 2. The predicted molar refractivity (Wildman–Crippen MR) is 56.9 cm³/mol. The number of nitrogens with zero attached hydrogens (tertiary/aromatic N) is 4. The van der Waals surface area contributed by atoms with E-state index in [1.54, 1.807) is 6.92 Å². The number of oxazole rings is 1. The van der Waals surface area contributed by atoms with E-state index in [9.17, 15) is 9.59 Å². The summed E-state index contributed by atoms with van der Waals surface area (Å²) in [5, 5.41) is 17.9. The molecule has 0 saturated carbocycles. The van der Waals surface area contributed by atoms with Gasteiger partial charge in [-0.2, -0.15) is 4.98 Å². The minimum Gasteiger partial charge on any atom is -0.476 e. The average molecular weight is 251 g/mol. The highest BCUT2D eigenvalue weighted by Gasteiger charge is 2.12. The topological polar surface area (TPSA) is 123 Å². The Morgan fingerprint density at radius 1 is 1.56 bits per heavy atom. The average Bonchev–Trinajstić information content (AvgIpc) is 2.88. The van der Waals surface area contributed by atoms with Crippen LogP contribution < -0.4 is 5.32 Å². The number of rotatable bonds is 4. The van der Waals surface area contributed by atoms with Crippen molar-refractivity contribution in [1.82, 2.24) is 20.0 Å². The number of aryl methyl sites for hydroxylation is 1. The smallest absolute Gasteiger partial charge is 0.358 e. The lowest BCUT2D eigenvalue weighted by Gasteiger charge is -1.99. The number of aromatic carboxylic acids is 1. The Hall–Kier alpha value is -2.71. The number of carboxylic acid groups (broad SMARTS) is 1. The molecule has 0 unspecified atom stereocenters. The number of aromatic nitrogens is 4. The summed E-state index contributed by atoms with van der Waals surface area (Å²) < 4.78 is 6.04. The van der Waals surface area contributed by atoms with Crippen LogP contribution in [0.4, 0.5) is 6.01 Å². The van der Waals surface area contributed by atoms with Crippen LogP contribution in [0.15, 0.2) is 16.9 Å². The Balaban J connectivity index is 1.96. The number of hydrogen-bond acceptors (Lipinski definition) is 6. The zero-order valence-electron chi connectivity index (χ0n) is 9.32. The molecule has 0 aromatic carbocycles. The van der Waals surface area contributed by atoms with Gasteiger partial charge >= 0.3 is 12.0 Å². The first-order chi connectivity index (χ1) is 8.54. The third-order valence-electron chi connectivity index (χ3n) is 1.93. The first-order valence-corrected chi connectivity index (χ1v) is 4.90. The molecule has 18 heavy (non-hydrogen) atoms. The molecule has 2 aromatic rings. The molecule has 0 aliphatic heterocycles. The number of anilines is 1. The van der Waals surface area contributed by atoms with E-state index in [1.807, 2.05) is 0 Å². The Kier molecular flexibility index (Phi) is 3.04. The van der Waals surface area contributed by atoms with E-state index in [0.717, 1.165) is 10.9 Å². The van der Waals surface area contributed by atoms with E-state index in [0.29, 0.717) is 5.69 Å². The second-order valence-electron chi connectivity index (χ2n) is 3.45. The molecule has 2 heterocycles. The maximum Gasteiger partial charge on any atom is 0.358 e. The number of carboxylic acids is 1. The number of carbonyl (C=O) groups excluding carboxylic acids is 1. The van der Waals surface area contributed by atoms with Gasteiger partial charge < -0.3 is 9.52 Å². The second kappa shape index (κ2) is 4.65. The van der Waals surface area contributed by atoms with E-state index in [2.05, 4.69) is 20.6 Å². The molecule has 0 fully saturated rings. The minimum absolute atomic E-state index is 0.0797. The highest BCUT2D eigenvalue weighted by atomic mass is 16.4. The maximum atomic E-state index is 11.5. The Labute approximate surface area is 100 Å². The lowest BCUT2D eigenvalue weighted by molar-refractivity contribution is -0.117. The van der Waals surface area contributed by atoms with E-state index in [1.165, 1.54) is 6.26 Å². The van der Waals surface area contributed by atoms with Crippen LogP contribution in [0, 0.1) is 6.92 Å². The van der Waals surface area contributed by atoms with E-state index < -0.39 is 11.9 Å². The molecule has 0 spiro atoms. The van der Waals surface area contributed by atoms with Crippen molar-refractivity contribution in [2.24, 2.45) is 0 Å². The zero-order chi connectivity index (χ0) is 13.1. The second-order valence-corrected chi connectivity index (χ2v) is 3.45. The molecule has 0 bridgehead atoms. The summed E-state index contributed by atoms with van der Waals surface area (Å²) in [6.07, 6.45) is 2.55. The SMILES string of the molecule is Cc1coc(NC(=O)Cn2cc(C(=O)O)nn2)n1. The molecule has 0 aliphatic rings. The molecule has 1 amide bonds. The van der Waals surface area contributed by atoms with E-state index in [4.69, 9.17) is 9.52 Å². The molecule has 0 radical (unpaired) electrons. The van der Waals surface area contributed by atoms with Gasteiger partial charge in [0.1, 0.15) is 12.8 Å². The fraction of sp³-hybridized carbons (Fsp3) is 0.222. The summed E-state index contributed by atoms with van der Waals surface area (Å²) in [5.41, 5.74) is 0.411. The van der Waals surface area contributed by atoms with Crippen molar-refractivity contribution in [3.05, 3.63) is 23.8 Å². The summed E-state index contributed by atoms with van der Waals surface area (Å²) in [5.74, 6) is -1.65. The maximum absolute atomic E-state index is 11.5. The third kappa shape index (κ3) is 2.70. The van der Waals surface area contributed by atoms with Crippen LogP contribution in [0.2, 0.25) is 0 Å². The monoisotopic (exact) mass is 251 g/mol. The third-order valence-corrected chi connectivity index (χ3v) is 1.93.